The average molecular weight is 258 g/mol. The van der Waals surface area contributed by atoms with Crippen LogP contribution in [0, 0.1) is 6.92 Å². The first-order valence-electron chi connectivity index (χ1n) is 6.20. The molecule has 4 heteroatoms. The zero-order valence-electron chi connectivity index (χ0n) is 11.6. The summed E-state index contributed by atoms with van der Waals surface area (Å²) in [7, 11) is 0. The first-order valence-corrected chi connectivity index (χ1v) is 6.20. The number of carbonyl (C=O) groups is 1. The van der Waals surface area contributed by atoms with Crippen LogP contribution in [0.4, 0.5) is 0 Å². The molecular formula is C15H18N2O2. The van der Waals surface area contributed by atoms with Crippen molar-refractivity contribution < 1.29 is 9.90 Å². The van der Waals surface area contributed by atoms with Gasteiger partial charge in [-0.1, -0.05) is 50.6 Å². The van der Waals surface area contributed by atoms with Gasteiger partial charge in [-0.15, -0.1) is 0 Å². The van der Waals surface area contributed by atoms with Crippen LogP contribution < -0.4 is 0 Å². The van der Waals surface area contributed by atoms with Gasteiger partial charge in [0.2, 0.25) is 0 Å². The summed E-state index contributed by atoms with van der Waals surface area (Å²) >= 11 is 0. The van der Waals surface area contributed by atoms with Gasteiger partial charge in [-0.05, 0) is 6.92 Å². The van der Waals surface area contributed by atoms with Crippen molar-refractivity contribution in [3.8, 4) is 11.3 Å². The van der Waals surface area contributed by atoms with Gasteiger partial charge in [-0.3, -0.25) is 0 Å². The largest absolute Gasteiger partial charge is 0.476 e. The Labute approximate surface area is 112 Å². The molecule has 0 amide bonds. The summed E-state index contributed by atoms with van der Waals surface area (Å²) in [6.45, 7) is 7.98. The molecule has 0 atom stereocenters. The summed E-state index contributed by atoms with van der Waals surface area (Å²) in [6.07, 6.45) is 0. The van der Waals surface area contributed by atoms with E-state index in [1.165, 1.54) is 0 Å². The Morgan fingerprint density at radius 1 is 1.21 bits per heavy atom. The van der Waals surface area contributed by atoms with Gasteiger partial charge < -0.3 is 10.1 Å². The van der Waals surface area contributed by atoms with E-state index in [0.717, 1.165) is 11.1 Å². The molecule has 0 radical (unpaired) electrons. The lowest BCUT2D eigenvalue weighted by molar-refractivity contribution is 0.0692. The number of hydrogen-bond acceptors (Lipinski definition) is 2. The number of aromatic amines is 1. The molecule has 0 aliphatic heterocycles. The number of H-pyrrole nitrogens is 1. The highest BCUT2D eigenvalue weighted by molar-refractivity contribution is 5.93. The molecule has 0 fully saturated rings. The Balaban J connectivity index is 2.58. The van der Waals surface area contributed by atoms with E-state index in [4.69, 9.17) is 0 Å². The van der Waals surface area contributed by atoms with Crippen LogP contribution in [0.25, 0.3) is 11.3 Å². The third-order valence-corrected chi connectivity index (χ3v) is 2.96. The van der Waals surface area contributed by atoms with Crippen molar-refractivity contribution in [3.05, 3.63) is 41.3 Å². The summed E-state index contributed by atoms with van der Waals surface area (Å²) < 4.78 is 0. The third kappa shape index (κ3) is 2.67. The Morgan fingerprint density at radius 2 is 1.79 bits per heavy atom. The van der Waals surface area contributed by atoms with Crippen molar-refractivity contribution in [1.29, 1.82) is 0 Å². The number of hydrogen-bond donors (Lipinski definition) is 2. The molecule has 0 aliphatic rings. The molecule has 0 saturated carbocycles. The van der Waals surface area contributed by atoms with Crippen LogP contribution in [0.5, 0.6) is 0 Å². The highest BCUT2D eigenvalue weighted by atomic mass is 16.4. The Morgan fingerprint density at radius 3 is 2.26 bits per heavy atom. The first kappa shape index (κ1) is 13.3. The van der Waals surface area contributed by atoms with Gasteiger partial charge in [0.25, 0.3) is 0 Å². The number of aromatic nitrogens is 2. The fourth-order valence-corrected chi connectivity index (χ4v) is 1.81. The molecule has 2 N–H and O–H groups in total. The molecule has 1 aromatic carbocycles. The molecule has 0 bridgehead atoms. The lowest BCUT2D eigenvalue weighted by Gasteiger charge is -2.14. The highest BCUT2D eigenvalue weighted by Crippen LogP contribution is 2.27. The number of carboxylic acid groups (broad SMARTS) is 1. The maximum absolute atomic E-state index is 11.3. The quantitative estimate of drug-likeness (QED) is 0.867. The van der Waals surface area contributed by atoms with Crippen LogP contribution in [-0.4, -0.2) is 21.0 Å². The van der Waals surface area contributed by atoms with Gasteiger partial charge in [0.1, 0.15) is 5.82 Å². The van der Waals surface area contributed by atoms with E-state index in [0.29, 0.717) is 11.5 Å². The number of carboxylic acids is 1. The van der Waals surface area contributed by atoms with E-state index in [-0.39, 0.29) is 11.1 Å². The van der Waals surface area contributed by atoms with Crippen molar-refractivity contribution in [2.75, 3.05) is 0 Å². The fraction of sp³-hybridized carbons (Fsp3) is 0.333. The highest BCUT2D eigenvalue weighted by Gasteiger charge is 2.24. The van der Waals surface area contributed by atoms with Crippen LogP contribution in [0.2, 0.25) is 0 Å². The van der Waals surface area contributed by atoms with Gasteiger partial charge in [0, 0.05) is 11.0 Å². The van der Waals surface area contributed by atoms with Crippen molar-refractivity contribution in [1.82, 2.24) is 9.97 Å². The summed E-state index contributed by atoms with van der Waals surface area (Å²) in [6, 6.07) is 7.72. The average Bonchev–Trinajstić information content (AvgIpc) is 2.74. The van der Waals surface area contributed by atoms with Crippen LogP contribution >= 0.6 is 0 Å². The summed E-state index contributed by atoms with van der Waals surface area (Å²) in [5, 5.41) is 9.28. The second kappa shape index (κ2) is 4.53. The van der Waals surface area contributed by atoms with Crippen molar-refractivity contribution in [2.45, 2.75) is 33.1 Å². The molecule has 1 heterocycles. The topological polar surface area (TPSA) is 66.0 Å². The third-order valence-electron chi connectivity index (χ3n) is 2.96. The van der Waals surface area contributed by atoms with E-state index in [2.05, 4.69) is 9.97 Å². The number of nitrogens with zero attached hydrogens (tertiary/aromatic N) is 1. The Bertz CT molecular complexity index is 604. The molecule has 4 nitrogen and oxygen atoms in total. The molecule has 1 aromatic heterocycles. The maximum atomic E-state index is 11.3. The zero-order chi connectivity index (χ0) is 14.2. The van der Waals surface area contributed by atoms with Crippen LogP contribution in [0.15, 0.2) is 24.3 Å². The second-order valence-corrected chi connectivity index (χ2v) is 5.73. The lowest BCUT2D eigenvalue weighted by Crippen LogP contribution is -2.13. The molecular weight excluding hydrogens is 240 g/mol. The van der Waals surface area contributed by atoms with Gasteiger partial charge >= 0.3 is 5.97 Å². The molecule has 0 saturated heterocycles. The zero-order valence-corrected chi connectivity index (χ0v) is 11.6. The number of benzene rings is 1. The standard InChI is InChI=1S/C15H18N2O2/c1-9-5-7-10(8-6-9)11-12(13(18)19)17-14(16-11)15(2,3)4/h5-8H,1-4H3,(H,16,17)(H,18,19). The number of imidazole rings is 1. The smallest absolute Gasteiger partial charge is 0.356 e. The van der Waals surface area contributed by atoms with E-state index >= 15 is 0 Å². The van der Waals surface area contributed by atoms with E-state index in [1.807, 2.05) is 52.0 Å². The monoisotopic (exact) mass is 258 g/mol. The van der Waals surface area contributed by atoms with E-state index < -0.39 is 5.97 Å². The van der Waals surface area contributed by atoms with E-state index in [9.17, 15) is 9.90 Å². The summed E-state index contributed by atoms with van der Waals surface area (Å²) in [5.74, 6) is -0.331. The van der Waals surface area contributed by atoms with Gasteiger partial charge in [0.15, 0.2) is 5.69 Å². The predicted octanol–water partition coefficient (Wildman–Crippen LogP) is 3.38. The number of rotatable bonds is 2. The molecule has 0 aliphatic carbocycles. The molecule has 0 unspecified atom stereocenters. The number of aromatic carboxylic acids is 1. The van der Waals surface area contributed by atoms with Gasteiger partial charge in [-0.25, -0.2) is 9.78 Å². The summed E-state index contributed by atoms with van der Waals surface area (Å²) in [5.41, 5.74) is 2.40. The SMILES string of the molecule is Cc1ccc(-c2[nH]c(C(C)(C)C)nc2C(=O)O)cc1. The molecule has 100 valence electrons. The maximum Gasteiger partial charge on any atom is 0.356 e. The van der Waals surface area contributed by atoms with Crippen molar-refractivity contribution in [2.24, 2.45) is 0 Å². The predicted molar refractivity (Wildman–Crippen MR) is 74.4 cm³/mol. The molecule has 2 rings (SSSR count). The number of nitrogens with one attached hydrogen (secondary N) is 1. The molecule has 2 aromatic rings. The van der Waals surface area contributed by atoms with Gasteiger partial charge in [-0.2, -0.15) is 0 Å². The Hall–Kier alpha value is -2.10. The van der Waals surface area contributed by atoms with Gasteiger partial charge in [0.05, 0.1) is 5.69 Å². The Kier molecular flexibility index (Phi) is 3.18. The first-order chi connectivity index (χ1) is 8.79. The van der Waals surface area contributed by atoms with Crippen LogP contribution in [-0.2, 0) is 5.41 Å². The number of aryl methyl sites for hydroxylation is 1. The van der Waals surface area contributed by atoms with Crippen molar-refractivity contribution >= 4 is 5.97 Å². The normalized spacial score (nSPS) is 11.6. The minimum Gasteiger partial charge on any atom is -0.476 e. The fourth-order valence-electron chi connectivity index (χ4n) is 1.81. The van der Waals surface area contributed by atoms with Crippen LogP contribution in [0.1, 0.15) is 42.6 Å². The minimum absolute atomic E-state index is 0.0776. The summed E-state index contributed by atoms with van der Waals surface area (Å²) in [4.78, 5) is 18.7. The molecule has 0 spiro atoms. The second-order valence-electron chi connectivity index (χ2n) is 5.73. The minimum atomic E-state index is -1.01. The lowest BCUT2D eigenvalue weighted by atomic mass is 9.96. The van der Waals surface area contributed by atoms with E-state index in [1.54, 1.807) is 0 Å². The molecule has 19 heavy (non-hydrogen) atoms. The van der Waals surface area contributed by atoms with Crippen molar-refractivity contribution in [3.63, 3.8) is 0 Å². The van der Waals surface area contributed by atoms with Crippen LogP contribution in [0.3, 0.4) is 0 Å².